The first-order valence-corrected chi connectivity index (χ1v) is 7.00. The zero-order valence-electron chi connectivity index (χ0n) is 8.36. The molecule has 0 saturated heterocycles. The van der Waals surface area contributed by atoms with Crippen LogP contribution in [0.3, 0.4) is 0 Å². The second-order valence-electron chi connectivity index (χ2n) is 3.35. The van der Waals surface area contributed by atoms with E-state index in [9.17, 15) is 17.2 Å². The molecule has 5 nitrogen and oxygen atoms in total. The molecule has 90 valence electrons. The lowest BCUT2D eigenvalue weighted by atomic mass is 10.1. The van der Waals surface area contributed by atoms with Crippen LogP contribution in [-0.2, 0) is 21.2 Å². The summed E-state index contributed by atoms with van der Waals surface area (Å²) in [4.78, 5) is -0.178. The minimum Gasteiger partial charge on any atom is -0.768 e. The third-order valence-electron chi connectivity index (χ3n) is 2.28. The number of fused-ring (bicyclic) bond motifs is 1. The Kier molecular flexibility index (Phi) is 3.00. The molecule has 0 aromatic heterocycles. The van der Waals surface area contributed by atoms with E-state index < -0.39 is 21.2 Å². The van der Waals surface area contributed by atoms with Gasteiger partial charge >= 0.3 is 0 Å². The van der Waals surface area contributed by atoms with Crippen LogP contribution in [0.25, 0.3) is 10.8 Å². The monoisotopic (exact) mass is 271 g/mol. The molecule has 7 heteroatoms. The van der Waals surface area contributed by atoms with Crippen LogP contribution in [0.4, 0.5) is 0 Å². The Bertz CT molecular complexity index is 706. The van der Waals surface area contributed by atoms with E-state index in [0.717, 1.165) is 0 Å². The fourth-order valence-corrected chi connectivity index (χ4v) is 2.68. The Morgan fingerprint density at radius 3 is 2.47 bits per heavy atom. The van der Waals surface area contributed by atoms with Gasteiger partial charge in [0, 0.05) is 10.3 Å². The van der Waals surface area contributed by atoms with Crippen molar-refractivity contribution < 1.29 is 21.7 Å². The molecule has 0 saturated carbocycles. The van der Waals surface area contributed by atoms with Crippen LogP contribution in [0.15, 0.2) is 46.2 Å². The summed E-state index contributed by atoms with van der Waals surface area (Å²) < 4.78 is 52.7. The minimum absolute atomic E-state index is 0.0602. The molecule has 1 unspecified atom stereocenters. The van der Waals surface area contributed by atoms with Gasteiger partial charge in [0.15, 0.2) is 0 Å². The van der Waals surface area contributed by atoms with Crippen molar-refractivity contribution in [1.29, 1.82) is 0 Å². The highest BCUT2D eigenvalue weighted by atomic mass is 32.2. The third-order valence-corrected chi connectivity index (χ3v) is 3.83. The standard InChI is InChI=1S/C10H8O5S2/c11-16(12)8-4-5-9-7(6-8)2-1-3-10(9)17(13,14)15/h1-6H,(H,11,12)(H,13,14,15)/p-1. The van der Waals surface area contributed by atoms with Crippen molar-refractivity contribution in [3.8, 4) is 0 Å². The number of hydrogen-bond acceptors (Lipinski definition) is 4. The maximum atomic E-state index is 11.1. The first-order valence-electron chi connectivity index (χ1n) is 4.49. The van der Waals surface area contributed by atoms with Crippen molar-refractivity contribution in [2.45, 2.75) is 9.79 Å². The molecule has 0 aliphatic heterocycles. The summed E-state index contributed by atoms with van der Waals surface area (Å²) in [5.74, 6) is 0. The Morgan fingerprint density at radius 2 is 1.88 bits per heavy atom. The summed E-state index contributed by atoms with van der Waals surface area (Å²) in [7, 11) is -4.32. The van der Waals surface area contributed by atoms with Gasteiger partial charge in [-0.1, -0.05) is 18.2 Å². The van der Waals surface area contributed by atoms with Crippen LogP contribution in [-0.4, -0.2) is 21.7 Å². The molecule has 1 atom stereocenters. The lowest BCUT2D eigenvalue weighted by Gasteiger charge is -2.08. The Labute approximate surface area is 100 Å². The van der Waals surface area contributed by atoms with Crippen molar-refractivity contribution in [1.82, 2.24) is 0 Å². The van der Waals surface area contributed by atoms with Gasteiger partial charge in [0.1, 0.15) is 4.90 Å². The summed E-state index contributed by atoms with van der Waals surface area (Å²) in [6.07, 6.45) is 0. The smallest absolute Gasteiger partial charge is 0.295 e. The van der Waals surface area contributed by atoms with Crippen molar-refractivity contribution in [3.05, 3.63) is 36.4 Å². The summed E-state index contributed by atoms with van der Waals surface area (Å²) in [5, 5.41) is 0.714. The van der Waals surface area contributed by atoms with E-state index in [-0.39, 0.29) is 15.2 Å². The molecule has 2 aromatic rings. The number of hydrogen-bond donors (Lipinski definition) is 1. The average Bonchev–Trinajstić information content (AvgIpc) is 2.26. The molecule has 0 aliphatic carbocycles. The molecule has 17 heavy (non-hydrogen) atoms. The fourth-order valence-electron chi connectivity index (χ4n) is 1.56. The normalized spacial score (nSPS) is 13.8. The lowest BCUT2D eigenvalue weighted by molar-refractivity contribution is 0.484. The highest BCUT2D eigenvalue weighted by molar-refractivity contribution is 7.86. The zero-order valence-corrected chi connectivity index (χ0v) is 9.99. The number of benzene rings is 2. The SMILES string of the molecule is O=S([O-])c1ccc2c(S(=O)(=O)O)cccc2c1. The molecule has 0 aliphatic rings. The van der Waals surface area contributed by atoms with Gasteiger partial charge < -0.3 is 4.55 Å². The zero-order chi connectivity index (χ0) is 12.6. The molecule has 2 aromatic carbocycles. The Balaban J connectivity index is 2.81. The average molecular weight is 271 g/mol. The first kappa shape index (κ1) is 12.2. The maximum Gasteiger partial charge on any atom is 0.295 e. The van der Waals surface area contributed by atoms with Crippen LogP contribution in [0, 0.1) is 0 Å². The summed E-state index contributed by atoms with van der Waals surface area (Å²) in [6, 6.07) is 8.23. The van der Waals surface area contributed by atoms with Crippen molar-refractivity contribution in [3.63, 3.8) is 0 Å². The van der Waals surface area contributed by atoms with Gasteiger partial charge in [-0.05, 0) is 34.7 Å². The van der Waals surface area contributed by atoms with Crippen molar-refractivity contribution in [2.24, 2.45) is 0 Å². The van der Waals surface area contributed by atoms with Crippen LogP contribution in [0.5, 0.6) is 0 Å². The topological polar surface area (TPSA) is 94.5 Å². The fraction of sp³-hybridized carbons (Fsp3) is 0. The molecule has 1 N–H and O–H groups in total. The third kappa shape index (κ3) is 2.37. The Morgan fingerprint density at radius 1 is 1.18 bits per heavy atom. The lowest BCUT2D eigenvalue weighted by Crippen LogP contribution is -1.99. The summed E-state index contributed by atoms with van der Waals surface area (Å²) in [6.45, 7) is 0. The molecular formula is C10H7O5S2-. The van der Waals surface area contributed by atoms with E-state index in [2.05, 4.69) is 0 Å². The molecule has 0 bridgehead atoms. The largest absolute Gasteiger partial charge is 0.768 e. The first-order chi connectivity index (χ1) is 7.89. The van der Waals surface area contributed by atoms with Crippen LogP contribution in [0.2, 0.25) is 0 Å². The highest BCUT2D eigenvalue weighted by Crippen LogP contribution is 2.24. The van der Waals surface area contributed by atoms with E-state index >= 15 is 0 Å². The van der Waals surface area contributed by atoms with Crippen LogP contribution < -0.4 is 0 Å². The number of rotatable bonds is 2. The Hall–Kier alpha value is -1.28. The highest BCUT2D eigenvalue weighted by Gasteiger charge is 2.13. The van der Waals surface area contributed by atoms with Crippen molar-refractivity contribution in [2.75, 3.05) is 0 Å². The maximum absolute atomic E-state index is 11.1. The van der Waals surface area contributed by atoms with Gasteiger partial charge in [-0.3, -0.25) is 8.76 Å². The predicted molar refractivity (Wildman–Crippen MR) is 60.9 cm³/mol. The van der Waals surface area contributed by atoms with Gasteiger partial charge in [-0.25, -0.2) is 0 Å². The molecule has 0 fully saturated rings. The molecule has 0 heterocycles. The van der Waals surface area contributed by atoms with Crippen LogP contribution in [0.1, 0.15) is 0 Å². The molecule has 0 amide bonds. The molecule has 2 rings (SSSR count). The second kappa shape index (κ2) is 4.19. The summed E-state index contributed by atoms with van der Waals surface area (Å²) in [5.41, 5.74) is 0. The molecule has 0 radical (unpaired) electrons. The van der Waals surface area contributed by atoms with E-state index in [1.54, 1.807) is 6.07 Å². The van der Waals surface area contributed by atoms with E-state index in [1.807, 2.05) is 0 Å². The van der Waals surface area contributed by atoms with Gasteiger partial charge in [0.2, 0.25) is 0 Å². The second-order valence-corrected chi connectivity index (χ2v) is 5.68. The quantitative estimate of drug-likeness (QED) is 0.656. The van der Waals surface area contributed by atoms with E-state index in [1.165, 1.54) is 30.3 Å². The predicted octanol–water partition coefficient (Wildman–Crippen LogP) is 1.32. The molecule has 0 spiro atoms. The van der Waals surface area contributed by atoms with E-state index in [4.69, 9.17) is 4.55 Å². The van der Waals surface area contributed by atoms with Crippen LogP contribution >= 0.6 is 0 Å². The van der Waals surface area contributed by atoms with Crippen molar-refractivity contribution >= 4 is 32.0 Å². The van der Waals surface area contributed by atoms with Gasteiger partial charge in [0.25, 0.3) is 10.1 Å². The van der Waals surface area contributed by atoms with Gasteiger partial charge in [-0.15, -0.1) is 0 Å². The minimum atomic E-state index is -4.32. The van der Waals surface area contributed by atoms with Gasteiger partial charge in [-0.2, -0.15) is 8.42 Å². The van der Waals surface area contributed by atoms with Gasteiger partial charge in [0.05, 0.1) is 0 Å². The summed E-state index contributed by atoms with van der Waals surface area (Å²) >= 11 is -2.37. The molecular weight excluding hydrogens is 264 g/mol. The van der Waals surface area contributed by atoms with E-state index in [0.29, 0.717) is 5.39 Å².